The SMILES string of the molecule is CC(=O)Nc1ccc(NC(=O)C(C)SCc2ccco2)cc1. The number of hydrogen-bond acceptors (Lipinski definition) is 4. The van der Waals surface area contributed by atoms with E-state index in [1.54, 1.807) is 30.5 Å². The normalized spacial score (nSPS) is 11.7. The molecule has 116 valence electrons. The van der Waals surface area contributed by atoms with Gasteiger partial charge in [-0.05, 0) is 43.3 Å². The average Bonchev–Trinajstić information content (AvgIpc) is 2.99. The van der Waals surface area contributed by atoms with E-state index in [0.717, 1.165) is 5.76 Å². The lowest BCUT2D eigenvalue weighted by molar-refractivity contribution is -0.115. The second-order valence-electron chi connectivity index (χ2n) is 4.78. The molecular formula is C16H18N2O3S. The highest BCUT2D eigenvalue weighted by atomic mass is 32.2. The lowest BCUT2D eigenvalue weighted by Gasteiger charge is -2.12. The van der Waals surface area contributed by atoms with Crippen LogP contribution in [0, 0.1) is 0 Å². The molecule has 2 amide bonds. The van der Waals surface area contributed by atoms with Crippen LogP contribution >= 0.6 is 11.8 Å². The van der Waals surface area contributed by atoms with E-state index in [9.17, 15) is 9.59 Å². The summed E-state index contributed by atoms with van der Waals surface area (Å²) in [6, 6.07) is 10.7. The van der Waals surface area contributed by atoms with Gasteiger partial charge in [0.2, 0.25) is 11.8 Å². The molecule has 0 fully saturated rings. The standard InChI is InChI=1S/C16H18N2O3S/c1-11(22-10-15-4-3-9-21-15)16(20)18-14-7-5-13(6-8-14)17-12(2)19/h3-9,11H,10H2,1-2H3,(H,17,19)(H,18,20). The van der Waals surface area contributed by atoms with E-state index in [0.29, 0.717) is 17.1 Å². The molecule has 5 nitrogen and oxygen atoms in total. The summed E-state index contributed by atoms with van der Waals surface area (Å²) in [7, 11) is 0. The number of rotatable bonds is 6. The average molecular weight is 318 g/mol. The van der Waals surface area contributed by atoms with Gasteiger partial charge < -0.3 is 15.1 Å². The number of furan rings is 1. The molecule has 0 saturated heterocycles. The molecule has 1 unspecified atom stereocenters. The summed E-state index contributed by atoms with van der Waals surface area (Å²) >= 11 is 1.51. The monoisotopic (exact) mass is 318 g/mol. The number of anilines is 2. The molecule has 1 aromatic heterocycles. The molecule has 0 aliphatic rings. The van der Waals surface area contributed by atoms with Crippen molar-refractivity contribution < 1.29 is 14.0 Å². The van der Waals surface area contributed by atoms with Crippen LogP contribution in [-0.2, 0) is 15.3 Å². The maximum atomic E-state index is 12.1. The molecule has 22 heavy (non-hydrogen) atoms. The highest BCUT2D eigenvalue weighted by Gasteiger charge is 2.14. The van der Waals surface area contributed by atoms with Crippen LogP contribution in [0.1, 0.15) is 19.6 Å². The van der Waals surface area contributed by atoms with Gasteiger partial charge in [0.25, 0.3) is 0 Å². The van der Waals surface area contributed by atoms with Crippen LogP contribution in [0.15, 0.2) is 47.1 Å². The van der Waals surface area contributed by atoms with Gasteiger partial charge in [-0.15, -0.1) is 11.8 Å². The third kappa shape index (κ3) is 4.96. The van der Waals surface area contributed by atoms with Gasteiger partial charge in [-0.2, -0.15) is 0 Å². The van der Waals surface area contributed by atoms with Crippen molar-refractivity contribution in [3.63, 3.8) is 0 Å². The highest BCUT2D eigenvalue weighted by Crippen LogP contribution is 2.20. The molecular weight excluding hydrogens is 300 g/mol. The third-order valence-corrected chi connectivity index (χ3v) is 4.06. The lowest BCUT2D eigenvalue weighted by Crippen LogP contribution is -2.22. The topological polar surface area (TPSA) is 71.3 Å². The predicted octanol–water partition coefficient (Wildman–Crippen LogP) is 3.50. The summed E-state index contributed by atoms with van der Waals surface area (Å²) in [4.78, 5) is 23.0. The Labute approximate surface area is 133 Å². The van der Waals surface area contributed by atoms with Crippen molar-refractivity contribution in [2.24, 2.45) is 0 Å². The number of hydrogen-bond donors (Lipinski definition) is 2. The first-order valence-electron chi connectivity index (χ1n) is 6.87. The van der Waals surface area contributed by atoms with Crippen LogP contribution < -0.4 is 10.6 Å². The molecule has 0 saturated carbocycles. The minimum Gasteiger partial charge on any atom is -0.468 e. The van der Waals surface area contributed by atoms with Crippen molar-refractivity contribution in [2.45, 2.75) is 24.9 Å². The first-order chi connectivity index (χ1) is 10.5. The molecule has 1 atom stereocenters. The molecule has 0 spiro atoms. The molecule has 0 radical (unpaired) electrons. The number of carbonyl (C=O) groups excluding carboxylic acids is 2. The van der Waals surface area contributed by atoms with Crippen LogP contribution in [-0.4, -0.2) is 17.1 Å². The summed E-state index contributed by atoms with van der Waals surface area (Å²) in [5.41, 5.74) is 1.40. The van der Waals surface area contributed by atoms with E-state index < -0.39 is 0 Å². The lowest BCUT2D eigenvalue weighted by atomic mass is 10.2. The number of nitrogens with one attached hydrogen (secondary N) is 2. The largest absolute Gasteiger partial charge is 0.468 e. The minimum absolute atomic E-state index is 0.0659. The zero-order chi connectivity index (χ0) is 15.9. The Balaban J connectivity index is 1.83. The molecule has 2 aromatic rings. The second kappa shape index (κ2) is 7.70. The second-order valence-corrected chi connectivity index (χ2v) is 6.11. The van der Waals surface area contributed by atoms with Crippen molar-refractivity contribution in [1.29, 1.82) is 0 Å². The van der Waals surface area contributed by atoms with E-state index in [1.807, 2.05) is 19.1 Å². The van der Waals surface area contributed by atoms with Gasteiger partial charge >= 0.3 is 0 Å². The molecule has 1 heterocycles. The van der Waals surface area contributed by atoms with Crippen LogP contribution in [0.25, 0.3) is 0 Å². The fourth-order valence-electron chi connectivity index (χ4n) is 1.76. The van der Waals surface area contributed by atoms with Crippen molar-refractivity contribution >= 4 is 35.0 Å². The molecule has 0 bridgehead atoms. The van der Waals surface area contributed by atoms with Gasteiger partial charge in [0.05, 0.1) is 17.3 Å². The first-order valence-corrected chi connectivity index (χ1v) is 7.92. The fraction of sp³-hybridized carbons (Fsp3) is 0.250. The van der Waals surface area contributed by atoms with Gasteiger partial charge in [0, 0.05) is 18.3 Å². The number of amides is 2. The van der Waals surface area contributed by atoms with E-state index in [2.05, 4.69) is 10.6 Å². The molecule has 6 heteroatoms. The third-order valence-electron chi connectivity index (χ3n) is 2.90. The van der Waals surface area contributed by atoms with E-state index in [1.165, 1.54) is 18.7 Å². The van der Waals surface area contributed by atoms with Gasteiger partial charge in [-0.3, -0.25) is 9.59 Å². The van der Waals surface area contributed by atoms with Crippen molar-refractivity contribution in [1.82, 2.24) is 0 Å². The summed E-state index contributed by atoms with van der Waals surface area (Å²) in [6.45, 7) is 3.31. The molecule has 0 aliphatic carbocycles. The first kappa shape index (κ1) is 16.2. The summed E-state index contributed by atoms with van der Waals surface area (Å²) in [5.74, 6) is 1.32. The van der Waals surface area contributed by atoms with Crippen molar-refractivity contribution in [3.05, 3.63) is 48.4 Å². The van der Waals surface area contributed by atoms with Crippen molar-refractivity contribution in [2.75, 3.05) is 10.6 Å². The van der Waals surface area contributed by atoms with Gasteiger partial charge in [-0.1, -0.05) is 0 Å². The Kier molecular flexibility index (Phi) is 5.66. The summed E-state index contributed by atoms with van der Waals surface area (Å²) in [5, 5.41) is 5.33. The predicted molar refractivity (Wildman–Crippen MR) is 88.8 cm³/mol. The van der Waals surface area contributed by atoms with Crippen LogP contribution in [0.2, 0.25) is 0 Å². The number of benzene rings is 1. The van der Waals surface area contributed by atoms with E-state index in [4.69, 9.17) is 4.42 Å². The number of carbonyl (C=O) groups is 2. The van der Waals surface area contributed by atoms with E-state index in [-0.39, 0.29) is 17.1 Å². The van der Waals surface area contributed by atoms with Crippen molar-refractivity contribution in [3.8, 4) is 0 Å². The van der Waals surface area contributed by atoms with Gasteiger partial charge in [0.15, 0.2) is 0 Å². The Morgan fingerprint density at radius 3 is 2.32 bits per heavy atom. The molecule has 2 rings (SSSR count). The van der Waals surface area contributed by atoms with Crippen LogP contribution in [0.3, 0.4) is 0 Å². The highest BCUT2D eigenvalue weighted by molar-refractivity contribution is 7.99. The quantitative estimate of drug-likeness (QED) is 0.855. The Hall–Kier alpha value is -2.21. The molecule has 2 N–H and O–H groups in total. The summed E-state index contributed by atoms with van der Waals surface area (Å²) < 4.78 is 5.24. The Morgan fingerprint density at radius 1 is 1.14 bits per heavy atom. The smallest absolute Gasteiger partial charge is 0.237 e. The Morgan fingerprint density at radius 2 is 1.77 bits per heavy atom. The van der Waals surface area contributed by atoms with Crippen LogP contribution in [0.4, 0.5) is 11.4 Å². The fourth-order valence-corrected chi connectivity index (χ4v) is 2.55. The zero-order valence-corrected chi connectivity index (χ0v) is 13.3. The number of thioether (sulfide) groups is 1. The summed E-state index contributed by atoms with van der Waals surface area (Å²) in [6.07, 6.45) is 1.62. The van der Waals surface area contributed by atoms with E-state index >= 15 is 0 Å². The van der Waals surface area contributed by atoms with Crippen LogP contribution in [0.5, 0.6) is 0 Å². The maximum Gasteiger partial charge on any atom is 0.237 e. The minimum atomic E-state index is -0.194. The zero-order valence-electron chi connectivity index (χ0n) is 12.5. The molecule has 0 aliphatic heterocycles. The Bertz CT molecular complexity index is 623. The molecule has 1 aromatic carbocycles. The van der Waals surface area contributed by atoms with Gasteiger partial charge in [0.1, 0.15) is 5.76 Å². The van der Waals surface area contributed by atoms with Gasteiger partial charge in [-0.25, -0.2) is 0 Å². The maximum absolute atomic E-state index is 12.1.